The Morgan fingerprint density at radius 2 is 2.00 bits per heavy atom. The molecule has 0 saturated heterocycles. The molecule has 1 saturated carbocycles. The van der Waals surface area contributed by atoms with Crippen LogP contribution in [0.25, 0.3) is 0 Å². The topological polar surface area (TPSA) is 34.1 Å². The Morgan fingerprint density at radius 3 is 2.50 bits per heavy atom. The monoisotopic (exact) mass is 278 g/mol. The van der Waals surface area contributed by atoms with Crippen molar-refractivity contribution in [2.45, 2.75) is 17.6 Å². The van der Waals surface area contributed by atoms with Gasteiger partial charge in [0.15, 0.2) is 0 Å². The van der Waals surface area contributed by atoms with Crippen LogP contribution in [0.1, 0.15) is 17.9 Å². The SMILES string of the molecule is O=S(=O)(F)[C@@H]1C[C@H]1c1ccccc1Br. The molecule has 0 aliphatic heterocycles. The van der Waals surface area contributed by atoms with E-state index in [4.69, 9.17) is 0 Å². The standard InChI is InChI=1S/C9H8BrFO2S/c10-8-4-2-1-3-6(8)7-5-9(7)14(11,12)13/h1-4,7,9H,5H2/t7-,9+/m0/s1. The van der Waals surface area contributed by atoms with Crippen LogP contribution in [0.5, 0.6) is 0 Å². The van der Waals surface area contributed by atoms with Crippen LogP contribution in [-0.4, -0.2) is 13.7 Å². The van der Waals surface area contributed by atoms with Gasteiger partial charge in [-0.05, 0) is 18.1 Å². The molecule has 1 fully saturated rings. The summed E-state index contributed by atoms with van der Waals surface area (Å²) in [5.41, 5.74) is 0.874. The van der Waals surface area contributed by atoms with Gasteiger partial charge in [0, 0.05) is 10.4 Å². The maximum Gasteiger partial charge on any atom is 0.305 e. The molecule has 0 N–H and O–H groups in total. The minimum absolute atomic E-state index is 0.180. The Labute approximate surface area is 90.5 Å². The first-order valence-corrected chi connectivity index (χ1v) is 6.42. The van der Waals surface area contributed by atoms with Crippen LogP contribution in [0.3, 0.4) is 0 Å². The lowest BCUT2D eigenvalue weighted by molar-refractivity contribution is 0.549. The first-order valence-electron chi connectivity index (χ1n) is 4.18. The van der Waals surface area contributed by atoms with Gasteiger partial charge in [0.05, 0.1) is 5.25 Å². The highest BCUT2D eigenvalue weighted by molar-refractivity contribution is 9.10. The van der Waals surface area contributed by atoms with Crippen molar-refractivity contribution in [2.24, 2.45) is 0 Å². The zero-order valence-electron chi connectivity index (χ0n) is 7.15. The van der Waals surface area contributed by atoms with Crippen molar-refractivity contribution in [3.8, 4) is 0 Å². The van der Waals surface area contributed by atoms with E-state index in [0.717, 1.165) is 10.0 Å². The fraction of sp³-hybridized carbons (Fsp3) is 0.333. The number of halogens is 2. The zero-order valence-corrected chi connectivity index (χ0v) is 9.55. The lowest BCUT2D eigenvalue weighted by Crippen LogP contribution is -2.00. The molecule has 1 aliphatic carbocycles. The molecule has 1 aliphatic rings. The maximum atomic E-state index is 12.6. The van der Waals surface area contributed by atoms with Crippen LogP contribution in [0.4, 0.5) is 3.89 Å². The third kappa shape index (κ3) is 1.83. The van der Waals surface area contributed by atoms with Crippen LogP contribution in [0.15, 0.2) is 28.7 Å². The summed E-state index contributed by atoms with van der Waals surface area (Å²) in [4.78, 5) is 0. The molecule has 2 nitrogen and oxygen atoms in total. The summed E-state index contributed by atoms with van der Waals surface area (Å²) in [6, 6.07) is 7.31. The summed E-state index contributed by atoms with van der Waals surface area (Å²) in [7, 11) is -4.36. The molecule has 2 rings (SSSR count). The molecule has 1 aromatic rings. The van der Waals surface area contributed by atoms with Crippen LogP contribution in [0, 0.1) is 0 Å². The van der Waals surface area contributed by atoms with E-state index in [2.05, 4.69) is 15.9 Å². The van der Waals surface area contributed by atoms with Crippen molar-refractivity contribution in [3.63, 3.8) is 0 Å². The summed E-state index contributed by atoms with van der Waals surface area (Å²) >= 11 is 3.31. The third-order valence-corrected chi connectivity index (χ3v) is 4.36. The summed E-state index contributed by atoms with van der Waals surface area (Å²) in [5.74, 6) is -0.180. The molecule has 0 heterocycles. The van der Waals surface area contributed by atoms with Crippen LogP contribution < -0.4 is 0 Å². The van der Waals surface area contributed by atoms with Gasteiger partial charge in [0.1, 0.15) is 0 Å². The zero-order chi connectivity index (χ0) is 10.3. The van der Waals surface area contributed by atoms with E-state index in [0.29, 0.717) is 6.42 Å². The van der Waals surface area contributed by atoms with E-state index < -0.39 is 15.5 Å². The van der Waals surface area contributed by atoms with Gasteiger partial charge in [-0.1, -0.05) is 34.1 Å². The van der Waals surface area contributed by atoms with Crippen molar-refractivity contribution in [3.05, 3.63) is 34.3 Å². The number of hydrogen-bond donors (Lipinski definition) is 0. The molecule has 1 aromatic carbocycles. The molecule has 0 bridgehead atoms. The smallest absolute Gasteiger partial charge is 0.195 e. The molecule has 14 heavy (non-hydrogen) atoms. The minimum atomic E-state index is -4.36. The molecule has 76 valence electrons. The van der Waals surface area contributed by atoms with E-state index in [-0.39, 0.29) is 5.92 Å². The van der Waals surface area contributed by atoms with Crippen molar-refractivity contribution in [2.75, 3.05) is 0 Å². The van der Waals surface area contributed by atoms with Gasteiger partial charge in [0.2, 0.25) is 0 Å². The first-order chi connectivity index (χ1) is 6.50. The quantitative estimate of drug-likeness (QED) is 0.780. The van der Waals surface area contributed by atoms with Gasteiger partial charge in [0.25, 0.3) is 0 Å². The Morgan fingerprint density at radius 1 is 1.36 bits per heavy atom. The van der Waals surface area contributed by atoms with Gasteiger partial charge in [-0.25, -0.2) is 0 Å². The van der Waals surface area contributed by atoms with Crippen molar-refractivity contribution >= 4 is 26.2 Å². The highest BCUT2D eigenvalue weighted by Gasteiger charge is 2.49. The molecular weight excluding hydrogens is 271 g/mol. The second-order valence-electron chi connectivity index (χ2n) is 3.38. The summed E-state index contributed by atoms with van der Waals surface area (Å²) in [6.45, 7) is 0. The van der Waals surface area contributed by atoms with E-state index in [1.165, 1.54) is 0 Å². The lowest BCUT2D eigenvalue weighted by Gasteiger charge is -2.00. The molecule has 0 amide bonds. The van der Waals surface area contributed by atoms with Gasteiger partial charge < -0.3 is 0 Å². The van der Waals surface area contributed by atoms with Crippen LogP contribution >= 0.6 is 15.9 Å². The van der Waals surface area contributed by atoms with Crippen molar-refractivity contribution in [1.82, 2.24) is 0 Å². The number of rotatable bonds is 2. The molecule has 0 radical (unpaired) electrons. The molecule has 5 heteroatoms. The molecule has 0 spiro atoms. The van der Waals surface area contributed by atoms with Gasteiger partial charge in [-0.3, -0.25) is 0 Å². The molecule has 2 atom stereocenters. The van der Waals surface area contributed by atoms with E-state index in [9.17, 15) is 12.3 Å². The number of benzene rings is 1. The summed E-state index contributed by atoms with van der Waals surface area (Å²) in [5, 5.41) is -0.832. The highest BCUT2D eigenvalue weighted by atomic mass is 79.9. The van der Waals surface area contributed by atoms with E-state index >= 15 is 0 Å². The van der Waals surface area contributed by atoms with E-state index in [1.807, 2.05) is 24.3 Å². The van der Waals surface area contributed by atoms with Crippen molar-refractivity contribution in [1.29, 1.82) is 0 Å². The fourth-order valence-electron chi connectivity index (χ4n) is 1.59. The second kappa shape index (κ2) is 3.31. The predicted octanol–water partition coefficient (Wildman–Crippen LogP) is 2.60. The summed E-state index contributed by atoms with van der Waals surface area (Å²) in [6.07, 6.45) is 0.390. The van der Waals surface area contributed by atoms with E-state index in [1.54, 1.807) is 0 Å². The number of hydrogen-bond acceptors (Lipinski definition) is 2. The van der Waals surface area contributed by atoms with Gasteiger partial charge >= 0.3 is 10.2 Å². The summed E-state index contributed by atoms with van der Waals surface area (Å²) < 4.78 is 34.7. The molecular formula is C9H8BrFO2S. The van der Waals surface area contributed by atoms with Crippen molar-refractivity contribution < 1.29 is 12.3 Å². The Hall–Kier alpha value is -0.420. The predicted molar refractivity (Wildman–Crippen MR) is 55.3 cm³/mol. The molecule has 0 aromatic heterocycles. The van der Waals surface area contributed by atoms with Gasteiger partial charge in [-0.2, -0.15) is 8.42 Å². The highest BCUT2D eigenvalue weighted by Crippen LogP contribution is 2.48. The first kappa shape index (κ1) is 10.1. The lowest BCUT2D eigenvalue weighted by atomic mass is 10.1. The Kier molecular flexibility index (Phi) is 2.39. The third-order valence-electron chi connectivity index (χ3n) is 2.40. The average Bonchev–Trinajstić information content (AvgIpc) is 2.83. The normalized spacial score (nSPS) is 26.1. The Balaban J connectivity index is 2.26. The van der Waals surface area contributed by atoms with Crippen LogP contribution in [-0.2, 0) is 10.2 Å². The Bertz CT molecular complexity index is 458. The second-order valence-corrected chi connectivity index (χ2v) is 5.79. The minimum Gasteiger partial charge on any atom is -0.195 e. The largest absolute Gasteiger partial charge is 0.305 e. The fourth-order valence-corrected chi connectivity index (χ4v) is 3.14. The maximum absolute atomic E-state index is 12.6. The van der Waals surface area contributed by atoms with Crippen LogP contribution in [0.2, 0.25) is 0 Å². The molecule has 0 unspecified atom stereocenters. The van der Waals surface area contributed by atoms with Gasteiger partial charge in [-0.15, -0.1) is 3.89 Å². The average molecular weight is 279 g/mol.